The highest BCUT2D eigenvalue weighted by molar-refractivity contribution is 6.30. The Balaban J connectivity index is 1.82. The third kappa shape index (κ3) is 5.32. The van der Waals surface area contributed by atoms with Gasteiger partial charge in [-0.2, -0.15) is 0 Å². The molecule has 0 radical (unpaired) electrons. The van der Waals surface area contributed by atoms with Crippen molar-refractivity contribution < 1.29 is 18.3 Å². The predicted molar refractivity (Wildman–Crippen MR) is 85.0 cm³/mol. The number of hydrogen-bond donors (Lipinski definition) is 1. The zero-order valence-corrected chi connectivity index (χ0v) is 13.8. The van der Waals surface area contributed by atoms with Crippen molar-refractivity contribution >= 4 is 17.5 Å². The molecule has 0 aliphatic carbocycles. The van der Waals surface area contributed by atoms with Gasteiger partial charge in [0.05, 0.1) is 13.7 Å². The Labute approximate surface area is 139 Å². The lowest BCUT2D eigenvalue weighted by molar-refractivity contribution is -0.126. The summed E-state index contributed by atoms with van der Waals surface area (Å²) in [6, 6.07) is 5.26. The first-order valence-electron chi connectivity index (χ1n) is 7.60. The summed E-state index contributed by atoms with van der Waals surface area (Å²) in [7, 11) is 1.55. The summed E-state index contributed by atoms with van der Waals surface area (Å²) in [4.78, 5) is 13.9. The second-order valence-corrected chi connectivity index (χ2v) is 6.08. The zero-order valence-electron chi connectivity index (χ0n) is 13.0. The molecular weight excluding hydrogens is 326 g/mol. The Morgan fingerprint density at radius 3 is 2.74 bits per heavy atom. The number of amides is 1. The zero-order chi connectivity index (χ0) is 16.8. The second kappa shape index (κ2) is 8.45. The highest BCUT2D eigenvalue weighted by atomic mass is 35.5. The summed E-state index contributed by atoms with van der Waals surface area (Å²) >= 11 is 5.90. The van der Waals surface area contributed by atoms with Gasteiger partial charge in [0.25, 0.3) is 6.43 Å². The number of benzene rings is 1. The molecule has 1 fully saturated rings. The van der Waals surface area contributed by atoms with Crippen LogP contribution in [-0.2, 0) is 11.3 Å². The number of piperidine rings is 1. The number of carbonyl (C=O) groups excluding carboxylic acids is 1. The van der Waals surface area contributed by atoms with Crippen LogP contribution in [0.4, 0.5) is 8.78 Å². The van der Waals surface area contributed by atoms with Gasteiger partial charge in [0.15, 0.2) is 0 Å². The summed E-state index contributed by atoms with van der Waals surface area (Å²) in [5, 5.41) is 3.46. The third-order valence-electron chi connectivity index (χ3n) is 4.06. The molecule has 1 aliphatic rings. The molecule has 1 aromatic rings. The molecule has 1 aliphatic heterocycles. The van der Waals surface area contributed by atoms with E-state index in [0.29, 0.717) is 43.2 Å². The van der Waals surface area contributed by atoms with Gasteiger partial charge in [-0.15, -0.1) is 0 Å². The van der Waals surface area contributed by atoms with E-state index in [1.165, 1.54) is 0 Å². The molecule has 0 bridgehead atoms. The van der Waals surface area contributed by atoms with Gasteiger partial charge in [0, 0.05) is 23.0 Å². The first-order chi connectivity index (χ1) is 11.0. The molecule has 23 heavy (non-hydrogen) atoms. The Kier molecular flexibility index (Phi) is 6.59. The van der Waals surface area contributed by atoms with Gasteiger partial charge in [0.1, 0.15) is 5.75 Å². The summed E-state index contributed by atoms with van der Waals surface area (Å²) in [6.45, 7) is 1.21. The van der Waals surface area contributed by atoms with Crippen LogP contribution in [0.1, 0.15) is 18.4 Å². The fourth-order valence-electron chi connectivity index (χ4n) is 2.76. The van der Waals surface area contributed by atoms with Gasteiger partial charge in [-0.3, -0.25) is 9.69 Å². The molecule has 1 aromatic carbocycles. The molecule has 2 rings (SSSR count). The monoisotopic (exact) mass is 346 g/mol. The lowest BCUT2D eigenvalue weighted by atomic mass is 9.96. The van der Waals surface area contributed by atoms with Crippen molar-refractivity contribution in [2.75, 3.05) is 26.7 Å². The smallest absolute Gasteiger partial charge is 0.251 e. The maximum absolute atomic E-state index is 12.3. The molecule has 0 atom stereocenters. The normalized spacial score (nSPS) is 16.6. The number of carbonyl (C=O) groups is 1. The molecule has 1 heterocycles. The minimum atomic E-state index is -2.32. The summed E-state index contributed by atoms with van der Waals surface area (Å²) in [5.74, 6) is 0.463. The topological polar surface area (TPSA) is 41.6 Å². The number of methoxy groups -OCH3 is 1. The third-order valence-corrected chi connectivity index (χ3v) is 4.29. The summed E-state index contributed by atoms with van der Waals surface area (Å²) in [5.41, 5.74) is 0.848. The van der Waals surface area contributed by atoms with Crippen LogP contribution in [0.15, 0.2) is 18.2 Å². The van der Waals surface area contributed by atoms with E-state index < -0.39 is 6.43 Å². The van der Waals surface area contributed by atoms with Gasteiger partial charge in [-0.25, -0.2) is 8.78 Å². The van der Waals surface area contributed by atoms with Gasteiger partial charge in [-0.05, 0) is 38.1 Å². The molecule has 1 N–H and O–H groups in total. The van der Waals surface area contributed by atoms with Crippen LogP contribution in [0.25, 0.3) is 0 Å². The van der Waals surface area contributed by atoms with Gasteiger partial charge >= 0.3 is 0 Å². The SMILES string of the molecule is COc1cc(Cl)ccc1CNC(=O)C1CCN(CC(F)F)CC1. The van der Waals surface area contributed by atoms with E-state index in [9.17, 15) is 13.6 Å². The van der Waals surface area contributed by atoms with Crippen LogP contribution in [0.5, 0.6) is 5.75 Å². The van der Waals surface area contributed by atoms with E-state index in [1.807, 2.05) is 6.07 Å². The van der Waals surface area contributed by atoms with Crippen molar-refractivity contribution in [2.24, 2.45) is 5.92 Å². The van der Waals surface area contributed by atoms with Gasteiger partial charge < -0.3 is 10.1 Å². The molecule has 7 heteroatoms. The summed E-state index contributed by atoms with van der Waals surface area (Å²) < 4.78 is 29.9. The largest absolute Gasteiger partial charge is 0.496 e. The van der Waals surface area contributed by atoms with E-state index >= 15 is 0 Å². The minimum Gasteiger partial charge on any atom is -0.496 e. The Bertz CT molecular complexity index is 535. The average molecular weight is 347 g/mol. The fourth-order valence-corrected chi connectivity index (χ4v) is 2.93. The number of halogens is 3. The molecule has 0 aromatic heterocycles. The number of nitrogens with one attached hydrogen (secondary N) is 1. The van der Waals surface area contributed by atoms with Crippen LogP contribution in [-0.4, -0.2) is 44.0 Å². The number of alkyl halides is 2. The Morgan fingerprint density at radius 1 is 1.43 bits per heavy atom. The van der Waals surface area contributed by atoms with E-state index in [0.717, 1.165) is 5.56 Å². The molecular formula is C16H21ClF2N2O2. The Hall–Kier alpha value is -1.40. The number of likely N-dealkylation sites (tertiary alicyclic amines) is 1. The van der Waals surface area contributed by atoms with Crippen molar-refractivity contribution in [3.05, 3.63) is 28.8 Å². The Morgan fingerprint density at radius 2 is 2.13 bits per heavy atom. The van der Waals surface area contributed by atoms with Crippen LogP contribution < -0.4 is 10.1 Å². The highest BCUT2D eigenvalue weighted by Gasteiger charge is 2.26. The quantitative estimate of drug-likeness (QED) is 0.861. The molecule has 0 unspecified atom stereocenters. The molecule has 1 amide bonds. The molecule has 4 nitrogen and oxygen atoms in total. The maximum atomic E-state index is 12.3. The lowest BCUT2D eigenvalue weighted by Gasteiger charge is -2.30. The predicted octanol–water partition coefficient (Wildman–Crippen LogP) is 2.94. The van der Waals surface area contributed by atoms with Gasteiger partial charge in [0.2, 0.25) is 5.91 Å². The maximum Gasteiger partial charge on any atom is 0.251 e. The average Bonchev–Trinajstić information content (AvgIpc) is 2.53. The van der Waals surface area contributed by atoms with E-state index in [-0.39, 0.29) is 18.4 Å². The molecule has 0 saturated carbocycles. The first-order valence-corrected chi connectivity index (χ1v) is 7.98. The number of rotatable bonds is 6. The van der Waals surface area contributed by atoms with E-state index in [2.05, 4.69) is 5.32 Å². The van der Waals surface area contributed by atoms with E-state index in [4.69, 9.17) is 16.3 Å². The first kappa shape index (κ1) is 17.9. The molecule has 1 saturated heterocycles. The number of hydrogen-bond acceptors (Lipinski definition) is 3. The van der Waals surface area contributed by atoms with Crippen molar-refractivity contribution in [1.82, 2.24) is 10.2 Å². The standard InChI is InChI=1S/C16H21ClF2N2O2/c1-23-14-8-13(17)3-2-12(14)9-20-16(22)11-4-6-21(7-5-11)10-15(18)19/h2-3,8,11,15H,4-7,9-10H2,1H3,(H,20,22). The van der Waals surface area contributed by atoms with E-state index in [1.54, 1.807) is 24.1 Å². The van der Waals surface area contributed by atoms with Crippen LogP contribution in [0.3, 0.4) is 0 Å². The highest BCUT2D eigenvalue weighted by Crippen LogP contribution is 2.23. The summed E-state index contributed by atoms with van der Waals surface area (Å²) in [6.07, 6.45) is -1.11. The van der Waals surface area contributed by atoms with Crippen LogP contribution in [0.2, 0.25) is 5.02 Å². The van der Waals surface area contributed by atoms with Crippen molar-refractivity contribution in [3.63, 3.8) is 0 Å². The van der Waals surface area contributed by atoms with Crippen molar-refractivity contribution in [2.45, 2.75) is 25.8 Å². The second-order valence-electron chi connectivity index (χ2n) is 5.64. The number of ether oxygens (including phenoxy) is 1. The van der Waals surface area contributed by atoms with Crippen molar-refractivity contribution in [1.29, 1.82) is 0 Å². The molecule has 0 spiro atoms. The molecule has 128 valence electrons. The van der Waals surface area contributed by atoms with Gasteiger partial charge in [-0.1, -0.05) is 17.7 Å². The number of nitrogens with zero attached hydrogens (tertiary/aromatic N) is 1. The minimum absolute atomic E-state index is 0.0429. The lowest BCUT2D eigenvalue weighted by Crippen LogP contribution is -2.41. The fraction of sp³-hybridized carbons (Fsp3) is 0.562. The van der Waals surface area contributed by atoms with Crippen LogP contribution >= 0.6 is 11.6 Å². The van der Waals surface area contributed by atoms with Crippen molar-refractivity contribution in [3.8, 4) is 5.75 Å². The van der Waals surface area contributed by atoms with Crippen LogP contribution in [0, 0.1) is 5.92 Å².